The van der Waals surface area contributed by atoms with E-state index in [2.05, 4.69) is 28.3 Å². The number of benzene rings is 1. The Labute approximate surface area is 128 Å². The van der Waals surface area contributed by atoms with Gasteiger partial charge in [-0.1, -0.05) is 17.7 Å². The van der Waals surface area contributed by atoms with Crippen LogP contribution in [0.5, 0.6) is 0 Å². The zero-order valence-corrected chi connectivity index (χ0v) is 13.3. The van der Waals surface area contributed by atoms with Gasteiger partial charge < -0.3 is 5.73 Å². The molecule has 1 aromatic carbocycles. The average molecular weight is 308 g/mol. The lowest BCUT2D eigenvalue weighted by atomic mass is 10.0. The summed E-state index contributed by atoms with van der Waals surface area (Å²) in [6.07, 6.45) is 0. The fourth-order valence-corrected chi connectivity index (χ4v) is 3.85. The van der Waals surface area contributed by atoms with Gasteiger partial charge in [0.1, 0.15) is 5.01 Å². The van der Waals surface area contributed by atoms with Crippen LogP contribution < -0.4 is 5.73 Å². The number of rotatable bonds is 3. The standard InChI is InChI=1S/C15H18ClN3S/c1-9-8-20-15(18-9)7-19-6-12-10(2)13(16)4-3-11(12)14(19)5-17/h3-4,8,14H,5-7,17H2,1-2H3. The maximum Gasteiger partial charge on any atom is 0.107 e. The lowest BCUT2D eigenvalue weighted by Gasteiger charge is -2.22. The molecule has 0 spiro atoms. The molecule has 0 amide bonds. The third-order valence-corrected chi connectivity index (χ3v) is 5.32. The molecule has 1 aromatic heterocycles. The van der Waals surface area contributed by atoms with Gasteiger partial charge in [0.25, 0.3) is 0 Å². The number of halogens is 1. The predicted octanol–water partition coefficient (Wildman–Crippen LogP) is 3.43. The first-order valence-electron chi connectivity index (χ1n) is 6.73. The van der Waals surface area contributed by atoms with Crippen LogP contribution in [0, 0.1) is 13.8 Å². The predicted molar refractivity (Wildman–Crippen MR) is 84.1 cm³/mol. The van der Waals surface area contributed by atoms with Crippen molar-refractivity contribution >= 4 is 22.9 Å². The molecule has 0 bridgehead atoms. The first kappa shape index (κ1) is 14.0. The largest absolute Gasteiger partial charge is 0.329 e. The summed E-state index contributed by atoms with van der Waals surface area (Å²) >= 11 is 7.95. The molecule has 0 saturated carbocycles. The summed E-state index contributed by atoms with van der Waals surface area (Å²) in [6, 6.07) is 4.37. The number of nitrogens with zero attached hydrogens (tertiary/aromatic N) is 2. The van der Waals surface area contributed by atoms with E-state index in [1.807, 2.05) is 13.0 Å². The zero-order valence-electron chi connectivity index (χ0n) is 11.7. The highest BCUT2D eigenvalue weighted by atomic mass is 35.5. The van der Waals surface area contributed by atoms with Crippen LogP contribution in [-0.4, -0.2) is 16.4 Å². The van der Waals surface area contributed by atoms with Crippen LogP contribution in [-0.2, 0) is 13.1 Å². The van der Waals surface area contributed by atoms with E-state index in [0.717, 1.165) is 28.8 Å². The van der Waals surface area contributed by atoms with E-state index in [4.69, 9.17) is 17.3 Å². The zero-order chi connectivity index (χ0) is 14.3. The fourth-order valence-electron chi connectivity index (χ4n) is 2.87. The third-order valence-electron chi connectivity index (χ3n) is 3.96. The molecule has 20 heavy (non-hydrogen) atoms. The third kappa shape index (κ3) is 2.37. The second-order valence-corrected chi connectivity index (χ2v) is 6.63. The highest BCUT2D eigenvalue weighted by molar-refractivity contribution is 7.09. The van der Waals surface area contributed by atoms with E-state index >= 15 is 0 Å². The van der Waals surface area contributed by atoms with Crippen LogP contribution in [0.2, 0.25) is 5.02 Å². The lowest BCUT2D eigenvalue weighted by Crippen LogP contribution is -2.27. The van der Waals surface area contributed by atoms with Gasteiger partial charge in [-0.05, 0) is 36.6 Å². The Hall–Kier alpha value is -0.940. The van der Waals surface area contributed by atoms with Crippen molar-refractivity contribution in [2.75, 3.05) is 6.54 Å². The molecule has 1 aliphatic rings. The molecule has 0 radical (unpaired) electrons. The van der Waals surface area contributed by atoms with Crippen LogP contribution in [0.15, 0.2) is 17.5 Å². The average Bonchev–Trinajstić information content (AvgIpc) is 2.98. The molecular formula is C15H18ClN3S. The summed E-state index contributed by atoms with van der Waals surface area (Å²) in [7, 11) is 0. The number of aryl methyl sites for hydroxylation is 1. The molecule has 5 heteroatoms. The van der Waals surface area contributed by atoms with Gasteiger partial charge in [0.2, 0.25) is 0 Å². The van der Waals surface area contributed by atoms with Crippen LogP contribution in [0.3, 0.4) is 0 Å². The van der Waals surface area contributed by atoms with Crippen LogP contribution >= 0.6 is 22.9 Å². The van der Waals surface area contributed by atoms with Crippen molar-refractivity contribution in [3.63, 3.8) is 0 Å². The minimum Gasteiger partial charge on any atom is -0.329 e. The van der Waals surface area contributed by atoms with Crippen LogP contribution in [0.1, 0.15) is 33.4 Å². The Bertz CT molecular complexity index is 638. The maximum atomic E-state index is 6.23. The quantitative estimate of drug-likeness (QED) is 0.944. The minimum atomic E-state index is 0.269. The van der Waals surface area contributed by atoms with Gasteiger partial charge in [-0.15, -0.1) is 11.3 Å². The first-order valence-corrected chi connectivity index (χ1v) is 7.99. The smallest absolute Gasteiger partial charge is 0.107 e. The number of nitrogens with two attached hydrogens (primary N) is 1. The number of fused-ring (bicyclic) bond motifs is 1. The summed E-state index contributed by atoms with van der Waals surface area (Å²) in [5.74, 6) is 0. The Morgan fingerprint density at radius 1 is 1.45 bits per heavy atom. The summed E-state index contributed by atoms with van der Waals surface area (Å²) in [4.78, 5) is 6.95. The van der Waals surface area contributed by atoms with Crippen molar-refractivity contribution in [2.45, 2.75) is 33.0 Å². The van der Waals surface area contributed by atoms with Gasteiger partial charge in [-0.2, -0.15) is 0 Å². The van der Waals surface area contributed by atoms with Crippen molar-refractivity contribution in [3.8, 4) is 0 Å². The van der Waals surface area contributed by atoms with Crippen molar-refractivity contribution < 1.29 is 0 Å². The molecule has 3 rings (SSSR count). The molecule has 2 heterocycles. The van der Waals surface area contributed by atoms with Crippen molar-refractivity contribution in [2.24, 2.45) is 5.73 Å². The molecule has 2 aromatic rings. The van der Waals surface area contributed by atoms with E-state index in [0.29, 0.717) is 6.54 Å². The van der Waals surface area contributed by atoms with Gasteiger partial charge in [0.15, 0.2) is 0 Å². The summed E-state index contributed by atoms with van der Waals surface area (Å²) < 4.78 is 0. The number of thiazole rings is 1. The Kier molecular flexibility index (Phi) is 3.82. The van der Waals surface area contributed by atoms with Crippen molar-refractivity contribution in [1.82, 2.24) is 9.88 Å². The fraction of sp³-hybridized carbons (Fsp3) is 0.400. The number of aromatic nitrogens is 1. The molecule has 1 atom stereocenters. The minimum absolute atomic E-state index is 0.269. The molecule has 1 aliphatic heterocycles. The Morgan fingerprint density at radius 2 is 2.25 bits per heavy atom. The van der Waals surface area contributed by atoms with Gasteiger partial charge in [-0.25, -0.2) is 4.98 Å². The van der Waals surface area contributed by atoms with Gasteiger partial charge in [0.05, 0.1) is 6.54 Å². The van der Waals surface area contributed by atoms with E-state index in [1.165, 1.54) is 16.7 Å². The Balaban J connectivity index is 1.90. The molecule has 0 fully saturated rings. The molecule has 106 valence electrons. The second kappa shape index (κ2) is 5.45. The molecule has 2 N–H and O–H groups in total. The maximum absolute atomic E-state index is 6.23. The van der Waals surface area contributed by atoms with Gasteiger partial charge in [0, 0.05) is 35.2 Å². The second-order valence-electron chi connectivity index (χ2n) is 5.28. The van der Waals surface area contributed by atoms with E-state index in [1.54, 1.807) is 11.3 Å². The monoisotopic (exact) mass is 307 g/mol. The van der Waals surface area contributed by atoms with E-state index in [-0.39, 0.29) is 6.04 Å². The topological polar surface area (TPSA) is 42.1 Å². The van der Waals surface area contributed by atoms with Crippen LogP contribution in [0.25, 0.3) is 0 Å². The number of hydrogen-bond acceptors (Lipinski definition) is 4. The SMILES string of the molecule is Cc1csc(CN2Cc3c(ccc(Cl)c3C)C2CN)n1. The van der Waals surface area contributed by atoms with E-state index < -0.39 is 0 Å². The first-order chi connectivity index (χ1) is 9.60. The summed E-state index contributed by atoms with van der Waals surface area (Å²) in [6.45, 7) is 6.50. The summed E-state index contributed by atoms with van der Waals surface area (Å²) in [5, 5.41) is 4.09. The van der Waals surface area contributed by atoms with Crippen molar-refractivity contribution in [3.05, 3.63) is 49.9 Å². The summed E-state index contributed by atoms with van der Waals surface area (Å²) in [5.41, 5.74) is 10.9. The van der Waals surface area contributed by atoms with Crippen molar-refractivity contribution in [1.29, 1.82) is 0 Å². The van der Waals surface area contributed by atoms with Crippen LogP contribution in [0.4, 0.5) is 0 Å². The molecule has 3 nitrogen and oxygen atoms in total. The molecule has 1 unspecified atom stereocenters. The molecular weight excluding hydrogens is 290 g/mol. The normalized spacial score (nSPS) is 18.5. The highest BCUT2D eigenvalue weighted by Gasteiger charge is 2.31. The Morgan fingerprint density at radius 3 is 2.90 bits per heavy atom. The van der Waals surface area contributed by atoms with E-state index in [9.17, 15) is 0 Å². The lowest BCUT2D eigenvalue weighted by molar-refractivity contribution is 0.210. The molecule has 0 aliphatic carbocycles. The van der Waals surface area contributed by atoms with Gasteiger partial charge in [-0.3, -0.25) is 4.90 Å². The highest BCUT2D eigenvalue weighted by Crippen LogP contribution is 2.38. The molecule has 0 saturated heterocycles. The van der Waals surface area contributed by atoms with Gasteiger partial charge >= 0.3 is 0 Å². The number of hydrogen-bond donors (Lipinski definition) is 1.